The Morgan fingerprint density at radius 3 is 2.23 bits per heavy atom. The number of aromatic amines is 1. The van der Waals surface area contributed by atoms with Crippen molar-refractivity contribution >= 4 is 38.7 Å². The fourth-order valence-electron chi connectivity index (χ4n) is 3.92. The van der Waals surface area contributed by atoms with Gasteiger partial charge >= 0.3 is 0 Å². The highest BCUT2D eigenvalue weighted by molar-refractivity contribution is 5.94. The summed E-state index contributed by atoms with van der Waals surface area (Å²) in [5.74, 6) is 0.557. The minimum absolute atomic E-state index is 0.0199. The number of imidazole rings is 1. The fraction of sp³-hybridized carbons (Fsp3) is 0.125. The molecule has 0 radical (unpaired) electrons. The second kappa shape index (κ2) is 7.15. The molecule has 0 aliphatic carbocycles. The van der Waals surface area contributed by atoms with Crippen LogP contribution in [0.5, 0.6) is 0 Å². The van der Waals surface area contributed by atoms with E-state index in [1.807, 2.05) is 72.2 Å². The highest BCUT2D eigenvalue weighted by atomic mass is 16.2. The van der Waals surface area contributed by atoms with Crippen molar-refractivity contribution < 1.29 is 4.79 Å². The zero-order chi connectivity index (χ0) is 20.7. The number of hydrogen-bond acceptors (Lipinski definition) is 3. The van der Waals surface area contributed by atoms with E-state index in [9.17, 15) is 9.59 Å². The maximum absolute atomic E-state index is 12.9. The third kappa shape index (κ3) is 3.03. The largest absolute Gasteiger partial charge is 0.345 e. The predicted molar refractivity (Wildman–Crippen MR) is 118 cm³/mol. The van der Waals surface area contributed by atoms with Gasteiger partial charge in [0.1, 0.15) is 12.4 Å². The third-order valence-electron chi connectivity index (χ3n) is 5.38. The lowest BCUT2D eigenvalue weighted by Gasteiger charge is -2.17. The van der Waals surface area contributed by atoms with E-state index in [2.05, 4.69) is 15.3 Å². The topological polar surface area (TPSA) is 79.8 Å². The molecule has 6 heteroatoms. The van der Waals surface area contributed by atoms with Gasteiger partial charge in [-0.15, -0.1) is 0 Å². The first-order valence-corrected chi connectivity index (χ1v) is 9.86. The minimum Gasteiger partial charge on any atom is -0.345 e. The Labute approximate surface area is 172 Å². The molecule has 2 aromatic heterocycles. The number of nitrogens with zero attached hydrogens (tertiary/aromatic N) is 2. The molecule has 0 fully saturated rings. The van der Waals surface area contributed by atoms with Crippen molar-refractivity contribution in [3.05, 3.63) is 88.8 Å². The smallest absolute Gasteiger partial charge is 0.240 e. The van der Waals surface area contributed by atoms with E-state index in [0.29, 0.717) is 16.6 Å². The SMILES string of the molecule is CC(NC(=O)Cn1c2ccccc2c(=O)c2ccccc21)c1nc2ccccc2[nH]1. The van der Waals surface area contributed by atoms with E-state index in [1.54, 1.807) is 12.1 Å². The quantitative estimate of drug-likeness (QED) is 0.452. The normalized spacial score (nSPS) is 12.4. The first-order chi connectivity index (χ1) is 14.6. The molecule has 0 aliphatic rings. The van der Waals surface area contributed by atoms with Crippen LogP contribution in [0.15, 0.2) is 77.6 Å². The number of amides is 1. The zero-order valence-electron chi connectivity index (χ0n) is 16.4. The van der Waals surface area contributed by atoms with Crippen molar-refractivity contribution in [2.45, 2.75) is 19.5 Å². The number of carbonyl (C=O) groups excluding carboxylic acids is 1. The molecule has 1 atom stereocenters. The Kier molecular flexibility index (Phi) is 4.32. The molecule has 5 aromatic rings. The molecule has 1 amide bonds. The van der Waals surface area contributed by atoms with Crippen LogP contribution in [0.25, 0.3) is 32.8 Å². The molecule has 148 valence electrons. The van der Waals surface area contributed by atoms with Gasteiger partial charge in [0, 0.05) is 10.8 Å². The second-order valence-electron chi connectivity index (χ2n) is 7.38. The van der Waals surface area contributed by atoms with Crippen molar-refractivity contribution in [1.82, 2.24) is 19.9 Å². The van der Waals surface area contributed by atoms with Crippen LogP contribution in [-0.4, -0.2) is 20.4 Å². The van der Waals surface area contributed by atoms with Gasteiger partial charge in [-0.1, -0.05) is 36.4 Å². The van der Waals surface area contributed by atoms with E-state index in [1.165, 1.54) is 0 Å². The molecular formula is C24H20N4O2. The van der Waals surface area contributed by atoms with Crippen LogP contribution >= 0.6 is 0 Å². The average Bonchev–Trinajstić information content (AvgIpc) is 3.21. The molecule has 2 N–H and O–H groups in total. The van der Waals surface area contributed by atoms with E-state index >= 15 is 0 Å². The predicted octanol–water partition coefficient (Wildman–Crippen LogP) is 3.91. The minimum atomic E-state index is -0.276. The standard InChI is InChI=1S/C24H20N4O2/c1-15(24-26-18-10-4-5-11-19(18)27-24)25-22(29)14-28-20-12-6-2-8-16(20)23(30)17-9-3-7-13-21(17)28/h2-13,15H,14H2,1H3,(H,25,29)(H,26,27). The number of pyridine rings is 1. The Hall–Kier alpha value is -3.93. The molecule has 3 aromatic carbocycles. The molecule has 0 saturated carbocycles. The van der Waals surface area contributed by atoms with Crippen LogP contribution in [0.1, 0.15) is 18.8 Å². The molecule has 2 heterocycles. The Morgan fingerprint density at radius 1 is 0.967 bits per heavy atom. The van der Waals surface area contributed by atoms with Gasteiger partial charge in [-0.25, -0.2) is 4.98 Å². The summed E-state index contributed by atoms with van der Waals surface area (Å²) in [6.07, 6.45) is 0. The third-order valence-corrected chi connectivity index (χ3v) is 5.38. The summed E-state index contributed by atoms with van der Waals surface area (Å²) in [6, 6.07) is 22.3. The molecule has 0 spiro atoms. The van der Waals surface area contributed by atoms with Crippen LogP contribution in [0.3, 0.4) is 0 Å². The van der Waals surface area contributed by atoms with Crippen LogP contribution in [-0.2, 0) is 11.3 Å². The molecule has 6 nitrogen and oxygen atoms in total. The first kappa shape index (κ1) is 18.1. The molecule has 0 aliphatic heterocycles. The molecule has 5 rings (SSSR count). The Morgan fingerprint density at radius 2 is 1.57 bits per heavy atom. The zero-order valence-corrected chi connectivity index (χ0v) is 16.4. The number of aromatic nitrogens is 3. The highest BCUT2D eigenvalue weighted by Gasteiger charge is 2.16. The molecular weight excluding hydrogens is 376 g/mol. The van der Waals surface area contributed by atoms with Gasteiger partial charge in [-0.2, -0.15) is 0 Å². The fourth-order valence-corrected chi connectivity index (χ4v) is 3.92. The van der Waals surface area contributed by atoms with Crippen LogP contribution in [0.2, 0.25) is 0 Å². The van der Waals surface area contributed by atoms with E-state index in [0.717, 1.165) is 22.1 Å². The number of hydrogen-bond donors (Lipinski definition) is 2. The maximum atomic E-state index is 12.9. The lowest BCUT2D eigenvalue weighted by molar-refractivity contribution is -0.122. The van der Waals surface area contributed by atoms with Gasteiger partial charge in [-0.05, 0) is 43.3 Å². The lowest BCUT2D eigenvalue weighted by atomic mass is 10.1. The summed E-state index contributed by atoms with van der Waals surface area (Å²) in [6.45, 7) is 2.00. The van der Waals surface area contributed by atoms with Crippen LogP contribution in [0, 0.1) is 0 Å². The van der Waals surface area contributed by atoms with Gasteiger partial charge < -0.3 is 14.9 Å². The van der Waals surface area contributed by atoms with Gasteiger partial charge in [0.15, 0.2) is 5.43 Å². The van der Waals surface area contributed by atoms with Crippen molar-refractivity contribution in [3.63, 3.8) is 0 Å². The van der Waals surface area contributed by atoms with E-state index in [-0.39, 0.29) is 23.9 Å². The maximum Gasteiger partial charge on any atom is 0.240 e. The second-order valence-corrected chi connectivity index (χ2v) is 7.38. The summed E-state index contributed by atoms with van der Waals surface area (Å²) >= 11 is 0. The lowest BCUT2D eigenvalue weighted by Crippen LogP contribution is -2.31. The van der Waals surface area contributed by atoms with Crippen LogP contribution < -0.4 is 10.7 Å². The number of carbonyl (C=O) groups is 1. The summed E-state index contributed by atoms with van der Waals surface area (Å²) in [4.78, 5) is 33.6. The van der Waals surface area contributed by atoms with Crippen molar-refractivity contribution in [3.8, 4) is 0 Å². The van der Waals surface area contributed by atoms with Gasteiger partial charge in [-0.3, -0.25) is 9.59 Å². The highest BCUT2D eigenvalue weighted by Crippen LogP contribution is 2.20. The van der Waals surface area contributed by atoms with Crippen molar-refractivity contribution in [2.75, 3.05) is 0 Å². The van der Waals surface area contributed by atoms with Gasteiger partial charge in [0.05, 0.1) is 28.1 Å². The Bertz CT molecular complexity index is 1370. The summed E-state index contributed by atoms with van der Waals surface area (Å²) in [5.41, 5.74) is 3.27. The number of H-pyrrole nitrogens is 1. The van der Waals surface area contributed by atoms with E-state index in [4.69, 9.17) is 0 Å². The number of benzene rings is 3. The average molecular weight is 396 g/mol. The van der Waals surface area contributed by atoms with Crippen LogP contribution in [0.4, 0.5) is 0 Å². The monoisotopic (exact) mass is 396 g/mol. The molecule has 0 bridgehead atoms. The van der Waals surface area contributed by atoms with Crippen molar-refractivity contribution in [2.24, 2.45) is 0 Å². The summed E-state index contributed by atoms with van der Waals surface area (Å²) in [7, 11) is 0. The van der Waals surface area contributed by atoms with E-state index < -0.39 is 0 Å². The van der Waals surface area contributed by atoms with Crippen molar-refractivity contribution in [1.29, 1.82) is 0 Å². The van der Waals surface area contributed by atoms with Gasteiger partial charge in [0.25, 0.3) is 0 Å². The Balaban J connectivity index is 1.49. The number of nitrogens with one attached hydrogen (secondary N) is 2. The van der Waals surface area contributed by atoms with Gasteiger partial charge in [0.2, 0.25) is 5.91 Å². The molecule has 30 heavy (non-hydrogen) atoms. The first-order valence-electron chi connectivity index (χ1n) is 9.86. The number of rotatable bonds is 4. The summed E-state index contributed by atoms with van der Waals surface area (Å²) in [5, 5.41) is 4.23. The number of fused-ring (bicyclic) bond motifs is 3. The molecule has 1 unspecified atom stereocenters. The molecule has 0 saturated heterocycles. The summed E-state index contributed by atoms with van der Waals surface area (Å²) < 4.78 is 1.90. The number of para-hydroxylation sites is 4.